The van der Waals surface area contributed by atoms with Crippen molar-refractivity contribution in [2.24, 2.45) is 5.92 Å². The van der Waals surface area contributed by atoms with Crippen LogP contribution in [0, 0.1) is 5.92 Å². The molecule has 0 unspecified atom stereocenters. The predicted octanol–water partition coefficient (Wildman–Crippen LogP) is 2.45. The van der Waals surface area contributed by atoms with Gasteiger partial charge in [-0.1, -0.05) is 25.1 Å². The summed E-state index contributed by atoms with van der Waals surface area (Å²) < 4.78 is 5.55. The molecule has 0 saturated heterocycles. The number of hydrogen-bond donors (Lipinski definition) is 0. The molecular weight excluding hydrogens is 176 g/mol. The Morgan fingerprint density at radius 2 is 2.21 bits per heavy atom. The number of carbonyl (C=O) groups is 1. The molecule has 0 radical (unpaired) electrons. The molecule has 0 amide bonds. The quantitative estimate of drug-likeness (QED) is 0.666. The van der Waals surface area contributed by atoms with E-state index in [1.807, 2.05) is 25.1 Å². The summed E-state index contributed by atoms with van der Waals surface area (Å²) in [5.74, 6) is 0.805. The van der Waals surface area contributed by atoms with E-state index < -0.39 is 0 Å². The normalized spacial score (nSPS) is 21.2. The highest BCUT2D eigenvalue weighted by Crippen LogP contribution is 2.31. The first-order valence-corrected chi connectivity index (χ1v) is 4.66. The van der Waals surface area contributed by atoms with E-state index in [1.54, 1.807) is 12.1 Å². The average molecular weight is 188 g/mol. The van der Waals surface area contributed by atoms with Crippen LogP contribution in [-0.4, -0.2) is 11.9 Å². The predicted molar refractivity (Wildman–Crippen MR) is 54.5 cm³/mol. The van der Waals surface area contributed by atoms with Gasteiger partial charge in [-0.15, -0.1) is 6.58 Å². The van der Waals surface area contributed by atoms with Crippen LogP contribution in [-0.2, 0) is 0 Å². The molecule has 0 saturated carbocycles. The Labute approximate surface area is 83.2 Å². The molecule has 14 heavy (non-hydrogen) atoms. The van der Waals surface area contributed by atoms with Crippen molar-refractivity contribution in [2.75, 3.05) is 0 Å². The molecule has 1 heterocycles. The lowest BCUT2D eigenvalue weighted by molar-refractivity contribution is 0.0810. The summed E-state index contributed by atoms with van der Waals surface area (Å²) in [4.78, 5) is 11.8. The van der Waals surface area contributed by atoms with Gasteiger partial charge in [0.15, 0.2) is 6.10 Å². The van der Waals surface area contributed by atoms with Crippen LogP contribution in [0.3, 0.4) is 0 Å². The number of rotatable bonds is 2. The third kappa shape index (κ3) is 1.23. The smallest absolute Gasteiger partial charge is 0.207 e. The molecule has 1 aromatic rings. The minimum Gasteiger partial charge on any atom is -0.481 e. The van der Waals surface area contributed by atoms with Gasteiger partial charge in [0.25, 0.3) is 0 Å². The zero-order valence-electron chi connectivity index (χ0n) is 8.07. The molecule has 0 bridgehead atoms. The van der Waals surface area contributed by atoms with Crippen molar-refractivity contribution in [3.05, 3.63) is 42.5 Å². The zero-order chi connectivity index (χ0) is 10.1. The molecule has 0 N–H and O–H groups in total. The summed E-state index contributed by atoms with van der Waals surface area (Å²) in [6.07, 6.45) is 1.36. The van der Waals surface area contributed by atoms with Crippen molar-refractivity contribution < 1.29 is 9.53 Å². The van der Waals surface area contributed by atoms with E-state index in [0.29, 0.717) is 11.3 Å². The number of ketones is 1. The second kappa shape index (κ2) is 3.29. The first kappa shape index (κ1) is 9.00. The fraction of sp³-hybridized carbons (Fsp3) is 0.250. The largest absolute Gasteiger partial charge is 0.481 e. The molecular formula is C12H12O2. The lowest BCUT2D eigenvalue weighted by atomic mass is 9.99. The van der Waals surface area contributed by atoms with E-state index in [2.05, 4.69) is 6.58 Å². The zero-order valence-corrected chi connectivity index (χ0v) is 8.07. The van der Waals surface area contributed by atoms with Crippen LogP contribution in [0.2, 0.25) is 0 Å². The Balaban J connectivity index is 2.34. The highest BCUT2D eigenvalue weighted by atomic mass is 16.5. The van der Waals surface area contributed by atoms with Crippen molar-refractivity contribution >= 4 is 5.78 Å². The molecule has 1 aliphatic heterocycles. The minimum absolute atomic E-state index is 0.0508. The highest BCUT2D eigenvalue weighted by molar-refractivity contribution is 6.04. The van der Waals surface area contributed by atoms with Gasteiger partial charge in [-0.25, -0.2) is 0 Å². The molecule has 2 rings (SSSR count). The van der Waals surface area contributed by atoms with Crippen LogP contribution >= 0.6 is 0 Å². The van der Waals surface area contributed by atoms with Crippen molar-refractivity contribution in [1.82, 2.24) is 0 Å². The third-order valence-corrected chi connectivity index (χ3v) is 2.51. The Morgan fingerprint density at radius 3 is 2.86 bits per heavy atom. The molecule has 0 fully saturated rings. The monoisotopic (exact) mass is 188 g/mol. The Morgan fingerprint density at radius 1 is 1.50 bits per heavy atom. The summed E-state index contributed by atoms with van der Waals surface area (Å²) in [6, 6.07) is 7.34. The molecule has 2 atom stereocenters. The second-order valence-electron chi connectivity index (χ2n) is 3.49. The second-order valence-corrected chi connectivity index (χ2v) is 3.49. The fourth-order valence-electron chi connectivity index (χ4n) is 1.59. The van der Waals surface area contributed by atoms with Crippen LogP contribution in [0.15, 0.2) is 36.9 Å². The molecule has 0 spiro atoms. The minimum atomic E-state index is -0.384. The first-order chi connectivity index (χ1) is 6.74. The van der Waals surface area contributed by atoms with Gasteiger partial charge < -0.3 is 4.74 Å². The number of benzene rings is 1. The average Bonchev–Trinajstić information content (AvgIpc) is 2.56. The maximum Gasteiger partial charge on any atom is 0.207 e. The van der Waals surface area contributed by atoms with E-state index in [9.17, 15) is 4.79 Å². The van der Waals surface area contributed by atoms with Gasteiger partial charge in [0.2, 0.25) is 5.78 Å². The lowest BCUT2D eigenvalue weighted by Crippen LogP contribution is -2.27. The van der Waals surface area contributed by atoms with Gasteiger partial charge in [0, 0.05) is 5.92 Å². The van der Waals surface area contributed by atoms with Crippen LogP contribution in [0.1, 0.15) is 17.3 Å². The van der Waals surface area contributed by atoms with Crippen molar-refractivity contribution in [3.8, 4) is 5.75 Å². The number of Topliss-reactive ketones (excluding diaryl/α,β-unsaturated/α-hetero) is 1. The van der Waals surface area contributed by atoms with Gasteiger partial charge in [-0.2, -0.15) is 0 Å². The summed E-state index contributed by atoms with van der Waals surface area (Å²) in [5.41, 5.74) is 0.686. The Bertz CT molecular complexity index is 382. The van der Waals surface area contributed by atoms with Gasteiger partial charge in [0.05, 0.1) is 5.56 Å². The molecule has 0 aliphatic carbocycles. The molecule has 2 nitrogen and oxygen atoms in total. The maximum atomic E-state index is 11.8. The Hall–Kier alpha value is -1.57. The Kier molecular flexibility index (Phi) is 2.12. The van der Waals surface area contributed by atoms with E-state index in [0.717, 1.165) is 0 Å². The summed E-state index contributed by atoms with van der Waals surface area (Å²) in [5, 5.41) is 0. The van der Waals surface area contributed by atoms with E-state index in [4.69, 9.17) is 4.74 Å². The number of hydrogen-bond acceptors (Lipinski definition) is 2. The standard InChI is InChI=1S/C12H12O2/c1-3-8(2)12-11(13)9-6-4-5-7-10(9)14-12/h3-8,12H,1H2,2H3/t8-,12+/m0/s1. The van der Waals surface area contributed by atoms with Crippen LogP contribution in [0.4, 0.5) is 0 Å². The fourth-order valence-corrected chi connectivity index (χ4v) is 1.59. The third-order valence-electron chi connectivity index (χ3n) is 2.51. The topological polar surface area (TPSA) is 26.3 Å². The highest BCUT2D eigenvalue weighted by Gasteiger charge is 2.34. The van der Waals surface area contributed by atoms with Crippen molar-refractivity contribution in [1.29, 1.82) is 0 Å². The van der Waals surface area contributed by atoms with E-state index in [1.165, 1.54) is 0 Å². The summed E-state index contributed by atoms with van der Waals surface area (Å²) >= 11 is 0. The van der Waals surface area contributed by atoms with Crippen LogP contribution in [0.25, 0.3) is 0 Å². The van der Waals surface area contributed by atoms with Gasteiger partial charge in [-0.3, -0.25) is 4.79 Å². The van der Waals surface area contributed by atoms with Gasteiger partial charge in [0.1, 0.15) is 5.75 Å². The number of para-hydroxylation sites is 1. The molecule has 1 aromatic carbocycles. The SMILES string of the molecule is C=C[C@H](C)[C@H]1Oc2ccccc2C1=O. The van der Waals surface area contributed by atoms with Gasteiger partial charge in [-0.05, 0) is 12.1 Å². The number of ether oxygens (including phenoxy) is 1. The van der Waals surface area contributed by atoms with E-state index >= 15 is 0 Å². The van der Waals surface area contributed by atoms with Crippen molar-refractivity contribution in [3.63, 3.8) is 0 Å². The van der Waals surface area contributed by atoms with Crippen LogP contribution in [0.5, 0.6) is 5.75 Å². The van der Waals surface area contributed by atoms with Gasteiger partial charge >= 0.3 is 0 Å². The van der Waals surface area contributed by atoms with E-state index in [-0.39, 0.29) is 17.8 Å². The molecule has 2 heteroatoms. The number of fused-ring (bicyclic) bond motifs is 1. The number of carbonyl (C=O) groups excluding carboxylic acids is 1. The molecule has 0 aromatic heterocycles. The summed E-state index contributed by atoms with van der Waals surface area (Å²) in [6.45, 7) is 5.60. The summed E-state index contributed by atoms with van der Waals surface area (Å²) in [7, 11) is 0. The maximum absolute atomic E-state index is 11.8. The molecule has 72 valence electrons. The van der Waals surface area contributed by atoms with Crippen molar-refractivity contribution in [2.45, 2.75) is 13.0 Å². The molecule has 1 aliphatic rings. The lowest BCUT2D eigenvalue weighted by Gasteiger charge is -2.13. The first-order valence-electron chi connectivity index (χ1n) is 4.66. The van der Waals surface area contributed by atoms with Crippen LogP contribution < -0.4 is 4.74 Å².